The first-order chi connectivity index (χ1) is 13.1. The van der Waals surface area contributed by atoms with Crippen LogP contribution in [-0.2, 0) is 18.9 Å². The Labute approximate surface area is 165 Å². The van der Waals surface area contributed by atoms with E-state index >= 15 is 0 Å². The predicted molar refractivity (Wildman–Crippen MR) is 102 cm³/mol. The van der Waals surface area contributed by atoms with Gasteiger partial charge in [-0.2, -0.15) is 0 Å². The first kappa shape index (κ1) is 24.0. The van der Waals surface area contributed by atoms with E-state index in [2.05, 4.69) is 0 Å². The lowest BCUT2D eigenvalue weighted by Gasteiger charge is -2.28. The van der Waals surface area contributed by atoms with E-state index in [-0.39, 0.29) is 22.3 Å². The maximum atomic E-state index is 11.8. The van der Waals surface area contributed by atoms with E-state index in [1.807, 2.05) is 13.8 Å². The van der Waals surface area contributed by atoms with Crippen molar-refractivity contribution in [3.05, 3.63) is 34.4 Å². The van der Waals surface area contributed by atoms with E-state index in [0.717, 1.165) is 0 Å². The van der Waals surface area contributed by atoms with Crippen LogP contribution >= 0.6 is 0 Å². The molecule has 0 aromatic heterocycles. The number of hydrogen-bond acceptors (Lipinski definition) is 6. The molecule has 4 unspecified atom stereocenters. The molecular weight excluding hydrogens is 368 g/mol. The second-order valence-corrected chi connectivity index (χ2v) is 6.20. The van der Waals surface area contributed by atoms with E-state index in [1.54, 1.807) is 27.7 Å². The molecule has 1 rings (SSSR count). The minimum absolute atomic E-state index is 0.0456. The van der Waals surface area contributed by atoms with E-state index in [1.165, 1.54) is 12.1 Å². The van der Waals surface area contributed by atoms with Crippen LogP contribution in [0.25, 0.3) is 0 Å². The number of carbonyl (C=O) groups is 2. The molecule has 2 N–H and O–H groups in total. The summed E-state index contributed by atoms with van der Waals surface area (Å²) in [6, 6.07) is 2.54. The fourth-order valence-corrected chi connectivity index (χ4v) is 3.14. The second-order valence-electron chi connectivity index (χ2n) is 6.20. The van der Waals surface area contributed by atoms with Crippen LogP contribution < -0.4 is 0 Å². The SMILES string of the molecule is CCOC(C)OC(C)c1c(C(=O)O)ccc(C(=O)O)c1C(C)OC(C)OCC. The minimum atomic E-state index is -1.18. The average Bonchev–Trinajstić information content (AvgIpc) is 2.60. The Kier molecular flexibility index (Phi) is 9.54. The number of ether oxygens (including phenoxy) is 4. The molecule has 0 fully saturated rings. The molecular formula is C20H30O8. The summed E-state index contributed by atoms with van der Waals surface area (Å²) in [4.78, 5) is 23.6. The van der Waals surface area contributed by atoms with Crippen molar-refractivity contribution in [3.63, 3.8) is 0 Å². The van der Waals surface area contributed by atoms with Crippen molar-refractivity contribution in [2.24, 2.45) is 0 Å². The molecule has 0 aliphatic rings. The van der Waals surface area contributed by atoms with Gasteiger partial charge in [0.15, 0.2) is 12.6 Å². The second kappa shape index (κ2) is 11.1. The Bertz CT molecular complexity index is 615. The Morgan fingerprint density at radius 1 is 0.786 bits per heavy atom. The molecule has 0 radical (unpaired) electrons. The van der Waals surface area contributed by atoms with Gasteiger partial charge in [0.1, 0.15) is 0 Å². The number of carboxylic acids is 2. The highest BCUT2D eigenvalue weighted by Gasteiger charge is 2.30. The number of aromatic carboxylic acids is 2. The molecule has 0 aliphatic carbocycles. The summed E-state index contributed by atoms with van der Waals surface area (Å²) in [7, 11) is 0. The molecule has 158 valence electrons. The monoisotopic (exact) mass is 398 g/mol. The van der Waals surface area contributed by atoms with Gasteiger partial charge < -0.3 is 29.2 Å². The smallest absolute Gasteiger partial charge is 0.336 e. The summed E-state index contributed by atoms with van der Waals surface area (Å²) in [6.07, 6.45) is -2.67. The highest BCUT2D eigenvalue weighted by atomic mass is 16.7. The molecule has 8 nitrogen and oxygen atoms in total. The number of hydrogen-bond donors (Lipinski definition) is 2. The largest absolute Gasteiger partial charge is 0.478 e. The van der Waals surface area contributed by atoms with E-state index in [0.29, 0.717) is 13.2 Å². The van der Waals surface area contributed by atoms with Crippen molar-refractivity contribution in [2.45, 2.75) is 66.3 Å². The fourth-order valence-electron chi connectivity index (χ4n) is 3.14. The topological polar surface area (TPSA) is 112 Å². The normalized spacial score (nSPS) is 15.6. The van der Waals surface area contributed by atoms with Crippen molar-refractivity contribution in [2.75, 3.05) is 13.2 Å². The van der Waals surface area contributed by atoms with Gasteiger partial charge in [0.25, 0.3) is 0 Å². The summed E-state index contributed by atoms with van der Waals surface area (Å²) in [5.74, 6) is -2.37. The lowest BCUT2D eigenvalue weighted by atomic mass is 9.89. The third-order valence-electron chi connectivity index (χ3n) is 4.16. The molecule has 4 atom stereocenters. The Morgan fingerprint density at radius 3 is 1.36 bits per heavy atom. The molecule has 0 aliphatic heterocycles. The van der Waals surface area contributed by atoms with Crippen molar-refractivity contribution in [3.8, 4) is 0 Å². The average molecular weight is 398 g/mol. The van der Waals surface area contributed by atoms with Crippen molar-refractivity contribution in [1.29, 1.82) is 0 Å². The number of benzene rings is 1. The molecule has 1 aromatic carbocycles. The first-order valence-electron chi connectivity index (χ1n) is 9.31. The first-order valence-corrected chi connectivity index (χ1v) is 9.31. The lowest BCUT2D eigenvalue weighted by Crippen LogP contribution is -2.23. The van der Waals surface area contributed by atoms with Crippen molar-refractivity contribution >= 4 is 11.9 Å². The molecule has 0 spiro atoms. The summed E-state index contributed by atoms with van der Waals surface area (Å²) < 4.78 is 22.3. The molecule has 0 heterocycles. The number of rotatable bonds is 12. The van der Waals surface area contributed by atoms with Gasteiger partial charge in [-0.05, 0) is 53.7 Å². The van der Waals surface area contributed by atoms with Gasteiger partial charge >= 0.3 is 11.9 Å². The Hall–Kier alpha value is -2.00. The molecule has 0 bridgehead atoms. The van der Waals surface area contributed by atoms with Gasteiger partial charge in [-0.3, -0.25) is 0 Å². The van der Waals surface area contributed by atoms with Crippen molar-refractivity contribution in [1.82, 2.24) is 0 Å². The van der Waals surface area contributed by atoms with Gasteiger partial charge in [-0.25, -0.2) is 9.59 Å². The van der Waals surface area contributed by atoms with Gasteiger partial charge in [-0.15, -0.1) is 0 Å². The van der Waals surface area contributed by atoms with E-state index in [4.69, 9.17) is 18.9 Å². The van der Waals surface area contributed by atoms with Gasteiger partial charge in [-0.1, -0.05) is 0 Å². The zero-order valence-corrected chi connectivity index (χ0v) is 17.2. The summed E-state index contributed by atoms with van der Waals surface area (Å²) >= 11 is 0. The van der Waals surface area contributed by atoms with Crippen LogP contribution in [0.3, 0.4) is 0 Å². The van der Waals surface area contributed by atoms with E-state index < -0.39 is 36.7 Å². The van der Waals surface area contributed by atoms with Crippen LogP contribution in [0.4, 0.5) is 0 Å². The summed E-state index contributed by atoms with van der Waals surface area (Å²) in [6.45, 7) is 11.2. The van der Waals surface area contributed by atoms with Crippen molar-refractivity contribution < 1.29 is 38.7 Å². The molecule has 0 saturated heterocycles. The molecule has 0 saturated carbocycles. The summed E-state index contributed by atoms with van der Waals surface area (Å²) in [5.41, 5.74) is 0.400. The Morgan fingerprint density at radius 2 is 1.11 bits per heavy atom. The Balaban J connectivity index is 3.51. The van der Waals surface area contributed by atoms with Gasteiger partial charge in [0.2, 0.25) is 0 Å². The highest BCUT2D eigenvalue weighted by molar-refractivity contribution is 5.95. The van der Waals surface area contributed by atoms with Crippen LogP contribution in [-0.4, -0.2) is 47.9 Å². The predicted octanol–water partition coefficient (Wildman–Crippen LogP) is 4.00. The zero-order valence-electron chi connectivity index (χ0n) is 17.2. The van der Waals surface area contributed by atoms with Gasteiger partial charge in [0, 0.05) is 24.3 Å². The number of carboxylic acid groups (broad SMARTS) is 2. The molecule has 0 amide bonds. The van der Waals surface area contributed by atoms with Crippen LogP contribution in [0, 0.1) is 0 Å². The molecule has 1 aromatic rings. The maximum absolute atomic E-state index is 11.8. The third kappa shape index (κ3) is 6.27. The molecule has 8 heteroatoms. The maximum Gasteiger partial charge on any atom is 0.336 e. The highest BCUT2D eigenvalue weighted by Crippen LogP contribution is 2.35. The van der Waals surface area contributed by atoms with Gasteiger partial charge in [0.05, 0.1) is 23.3 Å². The molecule has 28 heavy (non-hydrogen) atoms. The van der Waals surface area contributed by atoms with Crippen LogP contribution in [0.5, 0.6) is 0 Å². The zero-order chi connectivity index (χ0) is 21.4. The van der Waals surface area contributed by atoms with Crippen LogP contribution in [0.1, 0.15) is 85.6 Å². The lowest BCUT2D eigenvalue weighted by molar-refractivity contribution is -0.161. The standard InChI is InChI=1S/C20H30O8/c1-7-25-13(5)27-11(3)17-15(19(21)22)9-10-16(20(23)24)18(17)12(4)28-14(6)26-8-2/h9-14H,7-8H2,1-6H3,(H,21,22)(H,23,24). The minimum Gasteiger partial charge on any atom is -0.478 e. The van der Waals surface area contributed by atoms with E-state index in [9.17, 15) is 19.8 Å². The fraction of sp³-hybridized carbons (Fsp3) is 0.600. The summed E-state index contributed by atoms with van der Waals surface area (Å²) in [5, 5.41) is 19.3. The van der Waals surface area contributed by atoms with Crippen LogP contribution in [0.15, 0.2) is 12.1 Å². The van der Waals surface area contributed by atoms with Crippen LogP contribution in [0.2, 0.25) is 0 Å². The quantitative estimate of drug-likeness (QED) is 0.508. The third-order valence-corrected chi connectivity index (χ3v) is 4.16.